The van der Waals surface area contributed by atoms with E-state index in [1.54, 1.807) is 9.80 Å². The normalized spacial score (nSPS) is 18.3. The first-order chi connectivity index (χ1) is 9.75. The SMILES string of the molecule is CC(=O)N1CCN(c2cccc(C(C)C)c2)C(=O)C1(C)C. The zero-order chi connectivity index (χ0) is 15.8. The van der Waals surface area contributed by atoms with Crippen LogP contribution in [0.4, 0.5) is 5.69 Å². The van der Waals surface area contributed by atoms with Crippen LogP contribution < -0.4 is 4.90 Å². The molecule has 1 aliphatic rings. The molecule has 1 aromatic carbocycles. The molecule has 2 rings (SSSR count). The van der Waals surface area contributed by atoms with E-state index < -0.39 is 5.54 Å². The van der Waals surface area contributed by atoms with Crippen LogP contribution in [0.5, 0.6) is 0 Å². The number of hydrogen-bond donors (Lipinski definition) is 0. The summed E-state index contributed by atoms with van der Waals surface area (Å²) in [5, 5.41) is 0. The van der Waals surface area contributed by atoms with Gasteiger partial charge in [0.2, 0.25) is 5.91 Å². The summed E-state index contributed by atoms with van der Waals surface area (Å²) in [6, 6.07) is 8.10. The summed E-state index contributed by atoms with van der Waals surface area (Å²) in [6.07, 6.45) is 0. The van der Waals surface area contributed by atoms with Crippen LogP contribution in [0.1, 0.15) is 46.1 Å². The zero-order valence-electron chi connectivity index (χ0n) is 13.5. The van der Waals surface area contributed by atoms with Gasteiger partial charge in [-0.1, -0.05) is 26.0 Å². The van der Waals surface area contributed by atoms with Crippen LogP contribution in [0.15, 0.2) is 24.3 Å². The number of carbonyl (C=O) groups is 2. The summed E-state index contributed by atoms with van der Waals surface area (Å²) in [7, 11) is 0. The Hall–Kier alpha value is -1.84. The number of rotatable bonds is 2. The second-order valence-electron chi connectivity index (χ2n) is 6.44. The van der Waals surface area contributed by atoms with Gasteiger partial charge >= 0.3 is 0 Å². The highest BCUT2D eigenvalue weighted by molar-refractivity contribution is 6.02. The van der Waals surface area contributed by atoms with Gasteiger partial charge in [-0.05, 0) is 37.5 Å². The quantitative estimate of drug-likeness (QED) is 0.839. The van der Waals surface area contributed by atoms with Crippen molar-refractivity contribution < 1.29 is 9.59 Å². The molecule has 1 heterocycles. The van der Waals surface area contributed by atoms with Crippen LogP contribution in [-0.2, 0) is 9.59 Å². The maximum atomic E-state index is 12.8. The minimum atomic E-state index is -0.794. The second kappa shape index (κ2) is 5.51. The Labute approximate surface area is 126 Å². The molecule has 0 atom stereocenters. The predicted molar refractivity (Wildman–Crippen MR) is 84.4 cm³/mol. The van der Waals surface area contributed by atoms with Crippen LogP contribution in [0, 0.1) is 0 Å². The highest BCUT2D eigenvalue weighted by atomic mass is 16.2. The Morgan fingerprint density at radius 3 is 2.48 bits per heavy atom. The maximum absolute atomic E-state index is 12.8. The highest BCUT2D eigenvalue weighted by Crippen LogP contribution is 2.29. The van der Waals surface area contributed by atoms with E-state index in [9.17, 15) is 9.59 Å². The molecular weight excluding hydrogens is 264 g/mol. The molecule has 1 saturated heterocycles. The maximum Gasteiger partial charge on any atom is 0.252 e. The summed E-state index contributed by atoms with van der Waals surface area (Å²) in [5.74, 6) is 0.348. The first-order valence-corrected chi connectivity index (χ1v) is 7.45. The molecule has 0 spiro atoms. The Morgan fingerprint density at radius 1 is 1.24 bits per heavy atom. The topological polar surface area (TPSA) is 40.6 Å². The number of anilines is 1. The summed E-state index contributed by atoms with van der Waals surface area (Å²) < 4.78 is 0. The Morgan fingerprint density at radius 2 is 1.90 bits per heavy atom. The van der Waals surface area contributed by atoms with Crippen LogP contribution in [-0.4, -0.2) is 35.3 Å². The van der Waals surface area contributed by atoms with Gasteiger partial charge < -0.3 is 9.80 Å². The van der Waals surface area contributed by atoms with Crippen molar-refractivity contribution in [3.8, 4) is 0 Å². The number of piperazine rings is 1. The predicted octanol–water partition coefficient (Wildman–Crippen LogP) is 2.78. The van der Waals surface area contributed by atoms with Crippen LogP contribution >= 0.6 is 0 Å². The number of hydrogen-bond acceptors (Lipinski definition) is 2. The third-order valence-electron chi connectivity index (χ3n) is 4.22. The van der Waals surface area contributed by atoms with Gasteiger partial charge in [0.05, 0.1) is 0 Å². The van der Waals surface area contributed by atoms with Crippen molar-refractivity contribution in [3.05, 3.63) is 29.8 Å². The first kappa shape index (κ1) is 15.5. The van der Waals surface area contributed by atoms with Crippen LogP contribution in [0.2, 0.25) is 0 Å². The third-order valence-corrected chi connectivity index (χ3v) is 4.22. The van der Waals surface area contributed by atoms with Gasteiger partial charge in [-0.2, -0.15) is 0 Å². The Balaban J connectivity index is 2.33. The van der Waals surface area contributed by atoms with E-state index >= 15 is 0 Å². The lowest BCUT2D eigenvalue weighted by atomic mass is 9.96. The average Bonchev–Trinajstić information content (AvgIpc) is 2.41. The largest absolute Gasteiger partial charge is 0.327 e. The summed E-state index contributed by atoms with van der Waals surface area (Å²) >= 11 is 0. The third kappa shape index (κ3) is 2.80. The molecule has 0 saturated carbocycles. The smallest absolute Gasteiger partial charge is 0.252 e. The van der Waals surface area contributed by atoms with Crippen molar-refractivity contribution in [1.82, 2.24) is 4.90 Å². The van der Waals surface area contributed by atoms with E-state index in [2.05, 4.69) is 26.0 Å². The van der Waals surface area contributed by atoms with Crippen molar-refractivity contribution in [2.45, 2.75) is 46.1 Å². The zero-order valence-corrected chi connectivity index (χ0v) is 13.5. The van der Waals surface area contributed by atoms with E-state index in [1.807, 2.05) is 26.0 Å². The fourth-order valence-corrected chi connectivity index (χ4v) is 2.88. The number of carbonyl (C=O) groups excluding carboxylic acids is 2. The summed E-state index contributed by atoms with van der Waals surface area (Å²) in [6.45, 7) is 10.5. The van der Waals surface area contributed by atoms with Crippen LogP contribution in [0.25, 0.3) is 0 Å². The Kier molecular flexibility index (Phi) is 4.08. The molecule has 0 radical (unpaired) electrons. The standard InChI is InChI=1S/C17H24N2O2/c1-12(2)14-7-6-8-15(11-14)18-9-10-19(13(3)20)17(4,5)16(18)21/h6-8,11-12H,9-10H2,1-5H3. The van der Waals surface area contributed by atoms with Crippen LogP contribution in [0.3, 0.4) is 0 Å². The molecule has 0 N–H and O–H groups in total. The van der Waals surface area contributed by atoms with Gasteiger partial charge in [0.25, 0.3) is 5.91 Å². The molecule has 4 heteroatoms. The summed E-state index contributed by atoms with van der Waals surface area (Å²) in [5.41, 5.74) is 1.34. The van der Waals surface area contributed by atoms with E-state index in [4.69, 9.17) is 0 Å². The van der Waals surface area contributed by atoms with Gasteiger partial charge in [-0.25, -0.2) is 0 Å². The molecule has 1 fully saturated rings. The molecule has 0 aromatic heterocycles. The molecule has 2 amide bonds. The number of nitrogens with zero attached hydrogens (tertiary/aromatic N) is 2. The van der Waals surface area contributed by atoms with Crippen molar-refractivity contribution in [2.75, 3.05) is 18.0 Å². The van der Waals surface area contributed by atoms with Crippen molar-refractivity contribution in [2.24, 2.45) is 0 Å². The Bertz CT molecular complexity index is 564. The molecule has 4 nitrogen and oxygen atoms in total. The molecule has 21 heavy (non-hydrogen) atoms. The van der Waals surface area contributed by atoms with E-state index in [-0.39, 0.29) is 11.8 Å². The van der Waals surface area contributed by atoms with Gasteiger partial charge in [0.15, 0.2) is 0 Å². The van der Waals surface area contributed by atoms with Crippen molar-refractivity contribution >= 4 is 17.5 Å². The van der Waals surface area contributed by atoms with Gasteiger partial charge in [0, 0.05) is 25.7 Å². The van der Waals surface area contributed by atoms with E-state index in [0.29, 0.717) is 19.0 Å². The van der Waals surface area contributed by atoms with Gasteiger partial charge in [-0.15, -0.1) is 0 Å². The number of benzene rings is 1. The molecule has 0 aliphatic carbocycles. The lowest BCUT2D eigenvalue weighted by molar-refractivity contribution is -0.145. The molecule has 1 aliphatic heterocycles. The van der Waals surface area contributed by atoms with Crippen molar-refractivity contribution in [3.63, 3.8) is 0 Å². The molecular formula is C17H24N2O2. The van der Waals surface area contributed by atoms with Gasteiger partial charge in [-0.3, -0.25) is 9.59 Å². The van der Waals surface area contributed by atoms with E-state index in [0.717, 1.165) is 5.69 Å². The first-order valence-electron chi connectivity index (χ1n) is 7.45. The minimum absolute atomic E-state index is 0.0233. The average molecular weight is 288 g/mol. The molecule has 1 aromatic rings. The second-order valence-corrected chi connectivity index (χ2v) is 6.44. The van der Waals surface area contributed by atoms with E-state index in [1.165, 1.54) is 12.5 Å². The molecule has 114 valence electrons. The minimum Gasteiger partial charge on any atom is -0.327 e. The lowest BCUT2D eigenvalue weighted by Gasteiger charge is -2.45. The molecule has 0 bridgehead atoms. The monoisotopic (exact) mass is 288 g/mol. The highest BCUT2D eigenvalue weighted by Gasteiger charge is 2.43. The van der Waals surface area contributed by atoms with Crippen molar-refractivity contribution in [1.29, 1.82) is 0 Å². The molecule has 0 unspecified atom stereocenters. The number of amides is 2. The van der Waals surface area contributed by atoms with Gasteiger partial charge in [0.1, 0.15) is 5.54 Å². The fourth-order valence-electron chi connectivity index (χ4n) is 2.88. The summed E-state index contributed by atoms with van der Waals surface area (Å²) in [4.78, 5) is 27.9. The fraction of sp³-hybridized carbons (Fsp3) is 0.529. The lowest BCUT2D eigenvalue weighted by Crippen LogP contribution is -2.64.